The van der Waals surface area contributed by atoms with Crippen LogP contribution in [0.1, 0.15) is 5.82 Å². The van der Waals surface area contributed by atoms with E-state index in [0.717, 1.165) is 28.4 Å². The summed E-state index contributed by atoms with van der Waals surface area (Å²) < 4.78 is 21.2. The second kappa shape index (κ2) is 9.48. The number of methoxy groups -OCH3 is 1. The Bertz CT molecular complexity index is 1300. The van der Waals surface area contributed by atoms with E-state index in [1.807, 2.05) is 36.4 Å². The predicted molar refractivity (Wildman–Crippen MR) is 128 cm³/mol. The van der Waals surface area contributed by atoms with E-state index in [1.54, 1.807) is 36.4 Å². The molecule has 4 aromatic rings. The molecule has 2 aromatic heterocycles. The largest absolute Gasteiger partial charge is 0.497 e. The second-order valence-electron chi connectivity index (χ2n) is 8.08. The first-order valence-electron chi connectivity index (χ1n) is 11.1. The number of pyridine rings is 1. The molecule has 2 aromatic carbocycles. The molecule has 0 aliphatic carbocycles. The number of carbonyl (C=O) groups excluding carboxylic acids is 1. The summed E-state index contributed by atoms with van der Waals surface area (Å²) in [6, 6.07) is 17.5. The first-order chi connectivity index (χ1) is 16.6. The quantitative estimate of drug-likeness (QED) is 0.489. The molecular weight excluding hydrogens is 435 g/mol. The molecule has 1 fully saturated rings. The van der Waals surface area contributed by atoms with Crippen LogP contribution in [0, 0.1) is 5.82 Å². The molecule has 34 heavy (non-hydrogen) atoms. The van der Waals surface area contributed by atoms with Crippen molar-refractivity contribution in [2.45, 2.75) is 6.54 Å². The molecule has 5 rings (SSSR count). The zero-order valence-corrected chi connectivity index (χ0v) is 18.8. The van der Waals surface area contributed by atoms with Crippen LogP contribution in [0.2, 0.25) is 0 Å². The van der Waals surface area contributed by atoms with Crippen LogP contribution in [0.15, 0.2) is 66.9 Å². The summed E-state index contributed by atoms with van der Waals surface area (Å²) in [6.07, 6.45) is 1.76. The van der Waals surface area contributed by atoms with Crippen molar-refractivity contribution in [3.05, 3.63) is 78.5 Å². The van der Waals surface area contributed by atoms with Crippen LogP contribution in [0.5, 0.6) is 5.75 Å². The number of piperazine rings is 1. The van der Waals surface area contributed by atoms with Crippen LogP contribution in [0.25, 0.3) is 16.9 Å². The number of nitrogens with zero attached hydrogens (tertiary/aromatic N) is 5. The monoisotopic (exact) mass is 460 g/mol. The van der Waals surface area contributed by atoms with Crippen LogP contribution >= 0.6 is 0 Å². The molecule has 0 unspecified atom stereocenters. The highest BCUT2D eigenvalue weighted by Crippen LogP contribution is 2.23. The summed E-state index contributed by atoms with van der Waals surface area (Å²) in [4.78, 5) is 25.9. The molecule has 1 aliphatic rings. The maximum Gasteiger partial charge on any atom is 0.322 e. The van der Waals surface area contributed by atoms with E-state index in [0.29, 0.717) is 32.7 Å². The van der Waals surface area contributed by atoms with E-state index >= 15 is 0 Å². The minimum absolute atomic E-state index is 0.190. The Morgan fingerprint density at radius 3 is 2.53 bits per heavy atom. The van der Waals surface area contributed by atoms with Gasteiger partial charge in [-0.2, -0.15) is 0 Å². The number of para-hydroxylation sites is 1. The number of urea groups is 1. The maximum atomic E-state index is 13.9. The number of imidazole rings is 1. The summed E-state index contributed by atoms with van der Waals surface area (Å²) in [5.74, 6) is 1.22. The van der Waals surface area contributed by atoms with Gasteiger partial charge in [0.2, 0.25) is 0 Å². The minimum atomic E-state index is -0.444. The average molecular weight is 461 g/mol. The fraction of sp³-hybridized carbons (Fsp3) is 0.240. The Hall–Kier alpha value is -3.98. The number of anilines is 1. The highest BCUT2D eigenvalue weighted by atomic mass is 19.1. The molecule has 3 heterocycles. The van der Waals surface area contributed by atoms with Crippen LogP contribution in [-0.2, 0) is 6.54 Å². The average Bonchev–Trinajstić information content (AvgIpc) is 3.23. The number of rotatable bonds is 5. The number of carbonyl (C=O) groups is 1. The summed E-state index contributed by atoms with van der Waals surface area (Å²) in [5, 5.41) is 2.66. The highest BCUT2D eigenvalue weighted by Gasteiger charge is 2.24. The summed E-state index contributed by atoms with van der Waals surface area (Å²) in [6.45, 7) is 3.07. The Balaban J connectivity index is 1.30. The van der Waals surface area contributed by atoms with Crippen molar-refractivity contribution >= 4 is 22.9 Å². The van der Waals surface area contributed by atoms with Gasteiger partial charge in [-0.1, -0.05) is 12.1 Å². The number of amides is 2. The van der Waals surface area contributed by atoms with Crippen molar-refractivity contribution in [2.24, 2.45) is 0 Å². The van der Waals surface area contributed by atoms with E-state index < -0.39 is 5.82 Å². The summed E-state index contributed by atoms with van der Waals surface area (Å²) in [7, 11) is 1.64. The van der Waals surface area contributed by atoms with Crippen molar-refractivity contribution in [3.63, 3.8) is 0 Å². The minimum Gasteiger partial charge on any atom is -0.497 e. The van der Waals surface area contributed by atoms with Gasteiger partial charge in [0.1, 0.15) is 22.9 Å². The van der Waals surface area contributed by atoms with Gasteiger partial charge in [0, 0.05) is 38.1 Å². The smallest absolute Gasteiger partial charge is 0.322 e. The third-order valence-electron chi connectivity index (χ3n) is 5.96. The van der Waals surface area contributed by atoms with E-state index in [4.69, 9.17) is 9.72 Å². The zero-order valence-electron chi connectivity index (χ0n) is 18.8. The number of ether oxygens (including phenoxy) is 1. The van der Waals surface area contributed by atoms with Crippen molar-refractivity contribution < 1.29 is 13.9 Å². The summed E-state index contributed by atoms with van der Waals surface area (Å²) in [5.41, 5.74) is 2.78. The number of nitrogens with one attached hydrogen (secondary N) is 1. The van der Waals surface area contributed by atoms with Crippen LogP contribution in [0.3, 0.4) is 0 Å². The molecule has 0 radical (unpaired) electrons. The van der Waals surface area contributed by atoms with Crippen molar-refractivity contribution in [2.75, 3.05) is 38.6 Å². The third kappa shape index (κ3) is 4.42. The first-order valence-corrected chi connectivity index (χ1v) is 11.1. The molecule has 2 amide bonds. The van der Waals surface area contributed by atoms with E-state index in [-0.39, 0.29) is 11.7 Å². The zero-order chi connectivity index (χ0) is 23.5. The van der Waals surface area contributed by atoms with E-state index in [9.17, 15) is 9.18 Å². The molecule has 0 saturated carbocycles. The second-order valence-corrected chi connectivity index (χ2v) is 8.08. The fourth-order valence-electron chi connectivity index (χ4n) is 4.13. The number of halogens is 1. The predicted octanol–water partition coefficient (Wildman–Crippen LogP) is 3.92. The molecule has 9 heteroatoms. The standard InChI is InChI=1S/C25H25FN6O2/c1-34-19-10-8-18(9-11-19)32-23(28-22-7-4-12-27-24(22)32)17-30-13-15-31(16-14-30)25(33)29-21-6-3-2-5-20(21)26/h2-12H,13-17H2,1H3,(H,29,33). The Morgan fingerprint density at radius 2 is 1.79 bits per heavy atom. The van der Waals surface area contributed by atoms with E-state index in [2.05, 4.69) is 19.8 Å². The van der Waals surface area contributed by atoms with Gasteiger partial charge in [-0.15, -0.1) is 0 Å². The fourth-order valence-corrected chi connectivity index (χ4v) is 4.13. The Labute approximate surface area is 196 Å². The van der Waals surface area contributed by atoms with Gasteiger partial charge in [-0.05, 0) is 48.5 Å². The number of benzene rings is 2. The topological polar surface area (TPSA) is 75.5 Å². The van der Waals surface area contributed by atoms with Crippen LogP contribution < -0.4 is 10.1 Å². The van der Waals surface area contributed by atoms with Crippen molar-refractivity contribution in [3.8, 4) is 11.4 Å². The lowest BCUT2D eigenvalue weighted by molar-refractivity contribution is 0.140. The lowest BCUT2D eigenvalue weighted by atomic mass is 10.2. The van der Waals surface area contributed by atoms with Gasteiger partial charge in [-0.3, -0.25) is 9.47 Å². The van der Waals surface area contributed by atoms with Crippen LogP contribution in [-0.4, -0.2) is 63.7 Å². The molecule has 0 spiro atoms. The van der Waals surface area contributed by atoms with Gasteiger partial charge in [-0.25, -0.2) is 19.2 Å². The number of hydrogen-bond acceptors (Lipinski definition) is 5. The van der Waals surface area contributed by atoms with Crippen molar-refractivity contribution in [1.82, 2.24) is 24.3 Å². The van der Waals surface area contributed by atoms with Gasteiger partial charge >= 0.3 is 6.03 Å². The number of fused-ring (bicyclic) bond motifs is 1. The van der Waals surface area contributed by atoms with Crippen LogP contribution in [0.4, 0.5) is 14.9 Å². The molecule has 1 N–H and O–H groups in total. The molecular formula is C25H25FN6O2. The molecule has 0 atom stereocenters. The molecule has 8 nitrogen and oxygen atoms in total. The molecule has 1 aliphatic heterocycles. The lowest BCUT2D eigenvalue weighted by Gasteiger charge is -2.34. The molecule has 0 bridgehead atoms. The molecule has 174 valence electrons. The highest BCUT2D eigenvalue weighted by molar-refractivity contribution is 5.89. The summed E-state index contributed by atoms with van der Waals surface area (Å²) >= 11 is 0. The number of aromatic nitrogens is 3. The normalized spacial score (nSPS) is 14.4. The number of hydrogen-bond donors (Lipinski definition) is 1. The first kappa shape index (κ1) is 21.8. The molecule has 1 saturated heterocycles. The SMILES string of the molecule is COc1ccc(-n2c(CN3CCN(C(=O)Nc4ccccc4F)CC3)nc3cccnc32)cc1. The van der Waals surface area contributed by atoms with Gasteiger partial charge < -0.3 is 15.0 Å². The van der Waals surface area contributed by atoms with Gasteiger partial charge in [0.05, 0.1) is 19.3 Å². The lowest BCUT2D eigenvalue weighted by Crippen LogP contribution is -2.49. The van der Waals surface area contributed by atoms with E-state index in [1.165, 1.54) is 6.07 Å². The maximum absolute atomic E-state index is 13.9. The Kier molecular flexibility index (Phi) is 6.09. The van der Waals surface area contributed by atoms with Crippen molar-refractivity contribution in [1.29, 1.82) is 0 Å². The van der Waals surface area contributed by atoms with Gasteiger partial charge in [0.15, 0.2) is 5.65 Å². The third-order valence-corrected chi connectivity index (χ3v) is 5.96. The van der Waals surface area contributed by atoms with Gasteiger partial charge in [0.25, 0.3) is 0 Å². The Morgan fingerprint density at radius 1 is 1.03 bits per heavy atom.